The van der Waals surface area contributed by atoms with Gasteiger partial charge < -0.3 is 5.11 Å². The zero-order chi connectivity index (χ0) is 11.8. The van der Waals surface area contributed by atoms with Gasteiger partial charge in [-0.2, -0.15) is 0 Å². The van der Waals surface area contributed by atoms with Crippen molar-refractivity contribution in [3.63, 3.8) is 0 Å². The Labute approximate surface area is 97.8 Å². The number of hydrogen-bond donors (Lipinski definition) is 1. The molecule has 1 N–H and O–H groups in total. The maximum absolute atomic E-state index is 11.0. The van der Waals surface area contributed by atoms with Gasteiger partial charge in [0.1, 0.15) is 0 Å². The van der Waals surface area contributed by atoms with Crippen LogP contribution in [0.25, 0.3) is 0 Å². The lowest BCUT2D eigenvalue weighted by Gasteiger charge is -2.36. The van der Waals surface area contributed by atoms with Crippen LogP contribution in [0, 0.1) is 5.41 Å². The Balaban J connectivity index is 2.03. The van der Waals surface area contributed by atoms with Crippen molar-refractivity contribution in [2.45, 2.75) is 64.5 Å². The zero-order valence-electron chi connectivity index (χ0n) is 10.4. The van der Waals surface area contributed by atoms with Crippen LogP contribution in [0.2, 0.25) is 0 Å². The first-order chi connectivity index (χ1) is 7.53. The summed E-state index contributed by atoms with van der Waals surface area (Å²) < 4.78 is 0. The minimum Gasteiger partial charge on any atom is -0.480 e. The molecule has 16 heavy (non-hydrogen) atoms. The Hall–Kier alpha value is -0.570. The molecule has 2 rings (SSSR count). The summed E-state index contributed by atoms with van der Waals surface area (Å²) in [7, 11) is 0. The van der Waals surface area contributed by atoms with E-state index in [4.69, 9.17) is 5.11 Å². The standard InChI is InChI=1S/C13H23NO2/c1-10(13(2)7-8-13)14(9-12(15)16)11-5-3-4-6-11/h10-11H,3-9H2,1-2H3,(H,15,16). The fraction of sp³-hybridized carbons (Fsp3) is 0.923. The van der Waals surface area contributed by atoms with Crippen molar-refractivity contribution in [2.24, 2.45) is 5.41 Å². The summed E-state index contributed by atoms with van der Waals surface area (Å²) in [6, 6.07) is 0.940. The van der Waals surface area contributed by atoms with Crippen LogP contribution in [0.4, 0.5) is 0 Å². The normalized spacial score (nSPS) is 25.9. The van der Waals surface area contributed by atoms with Crippen molar-refractivity contribution in [3.05, 3.63) is 0 Å². The Kier molecular flexibility index (Phi) is 3.24. The van der Waals surface area contributed by atoms with Gasteiger partial charge in [-0.05, 0) is 38.0 Å². The lowest BCUT2D eigenvalue weighted by molar-refractivity contribution is -0.140. The summed E-state index contributed by atoms with van der Waals surface area (Å²) in [6.45, 7) is 4.73. The molecule has 3 nitrogen and oxygen atoms in total. The largest absolute Gasteiger partial charge is 0.480 e. The summed E-state index contributed by atoms with van der Waals surface area (Å²) in [5, 5.41) is 9.04. The molecule has 2 aliphatic rings. The second-order valence-corrected chi connectivity index (χ2v) is 5.83. The molecule has 2 saturated carbocycles. The molecule has 0 aliphatic heterocycles. The lowest BCUT2D eigenvalue weighted by Crippen LogP contribution is -2.47. The van der Waals surface area contributed by atoms with Gasteiger partial charge in [-0.1, -0.05) is 19.8 Å². The third kappa shape index (κ3) is 2.40. The first-order valence-corrected chi connectivity index (χ1v) is 6.50. The topological polar surface area (TPSA) is 40.5 Å². The van der Waals surface area contributed by atoms with E-state index in [1.807, 2.05) is 0 Å². The SMILES string of the molecule is CC(N(CC(=O)O)C1CCCC1)C1(C)CC1. The summed E-state index contributed by atoms with van der Waals surface area (Å²) >= 11 is 0. The van der Waals surface area contributed by atoms with Crippen LogP contribution in [0.3, 0.4) is 0 Å². The van der Waals surface area contributed by atoms with E-state index in [0.717, 1.165) is 0 Å². The van der Waals surface area contributed by atoms with Crippen LogP contribution in [0.1, 0.15) is 52.4 Å². The molecule has 3 heteroatoms. The summed E-state index contributed by atoms with van der Waals surface area (Å²) in [5.41, 5.74) is 0.387. The number of carbonyl (C=O) groups is 1. The van der Waals surface area contributed by atoms with E-state index in [0.29, 0.717) is 17.5 Å². The molecule has 1 unspecified atom stereocenters. The van der Waals surface area contributed by atoms with Crippen LogP contribution >= 0.6 is 0 Å². The van der Waals surface area contributed by atoms with Crippen molar-refractivity contribution < 1.29 is 9.90 Å². The summed E-state index contributed by atoms with van der Waals surface area (Å²) in [5.74, 6) is -0.678. The van der Waals surface area contributed by atoms with Crippen molar-refractivity contribution in [1.82, 2.24) is 4.90 Å². The van der Waals surface area contributed by atoms with E-state index in [9.17, 15) is 4.79 Å². The number of carboxylic acid groups (broad SMARTS) is 1. The number of rotatable bonds is 5. The minimum absolute atomic E-state index is 0.224. The molecule has 2 fully saturated rings. The number of nitrogens with zero attached hydrogens (tertiary/aromatic N) is 1. The van der Waals surface area contributed by atoms with Crippen molar-refractivity contribution in [1.29, 1.82) is 0 Å². The van der Waals surface area contributed by atoms with E-state index in [-0.39, 0.29) is 6.54 Å². The number of aliphatic carboxylic acids is 1. The Morgan fingerprint density at radius 2 is 2.00 bits per heavy atom. The highest BCUT2D eigenvalue weighted by Gasteiger charge is 2.46. The van der Waals surface area contributed by atoms with Crippen LogP contribution in [-0.2, 0) is 4.79 Å². The second-order valence-electron chi connectivity index (χ2n) is 5.83. The fourth-order valence-electron chi connectivity index (χ4n) is 2.99. The Morgan fingerprint density at radius 3 is 2.44 bits per heavy atom. The van der Waals surface area contributed by atoms with E-state index in [2.05, 4.69) is 18.7 Å². The minimum atomic E-state index is -0.678. The van der Waals surface area contributed by atoms with Crippen LogP contribution in [0.5, 0.6) is 0 Å². The van der Waals surface area contributed by atoms with Crippen molar-refractivity contribution in [2.75, 3.05) is 6.54 Å². The summed E-state index contributed by atoms with van der Waals surface area (Å²) in [4.78, 5) is 13.2. The van der Waals surface area contributed by atoms with E-state index in [1.54, 1.807) is 0 Å². The van der Waals surface area contributed by atoms with Gasteiger partial charge in [0.05, 0.1) is 6.54 Å². The lowest BCUT2D eigenvalue weighted by atomic mass is 9.97. The van der Waals surface area contributed by atoms with Crippen LogP contribution in [-0.4, -0.2) is 34.6 Å². The smallest absolute Gasteiger partial charge is 0.317 e. The molecule has 92 valence electrons. The Bertz CT molecular complexity index is 267. The molecule has 0 spiro atoms. The molecule has 0 aromatic carbocycles. The number of hydrogen-bond acceptors (Lipinski definition) is 2. The third-order valence-corrected chi connectivity index (χ3v) is 4.66. The third-order valence-electron chi connectivity index (χ3n) is 4.66. The maximum atomic E-state index is 11.0. The fourth-order valence-corrected chi connectivity index (χ4v) is 2.99. The highest BCUT2D eigenvalue weighted by atomic mass is 16.4. The molecular weight excluding hydrogens is 202 g/mol. The molecule has 0 aromatic heterocycles. The van der Waals surface area contributed by atoms with Gasteiger partial charge in [-0.15, -0.1) is 0 Å². The van der Waals surface area contributed by atoms with E-state index in [1.165, 1.54) is 38.5 Å². The molecule has 0 radical (unpaired) electrons. The van der Waals surface area contributed by atoms with Gasteiger partial charge in [0.15, 0.2) is 0 Å². The zero-order valence-corrected chi connectivity index (χ0v) is 10.4. The molecule has 0 saturated heterocycles. The predicted octanol–water partition coefficient (Wildman–Crippen LogP) is 2.50. The van der Waals surface area contributed by atoms with Gasteiger partial charge in [-0.25, -0.2) is 0 Å². The molecule has 0 bridgehead atoms. The van der Waals surface area contributed by atoms with Gasteiger partial charge >= 0.3 is 5.97 Å². The number of carboxylic acids is 1. The first kappa shape index (κ1) is 11.9. The first-order valence-electron chi connectivity index (χ1n) is 6.50. The maximum Gasteiger partial charge on any atom is 0.317 e. The van der Waals surface area contributed by atoms with Crippen molar-refractivity contribution >= 4 is 5.97 Å². The molecule has 0 amide bonds. The van der Waals surface area contributed by atoms with Gasteiger partial charge in [0.2, 0.25) is 0 Å². The second kappa shape index (κ2) is 4.36. The quantitative estimate of drug-likeness (QED) is 0.781. The summed E-state index contributed by atoms with van der Waals surface area (Å²) in [6.07, 6.45) is 7.43. The van der Waals surface area contributed by atoms with E-state index >= 15 is 0 Å². The Morgan fingerprint density at radius 1 is 1.44 bits per heavy atom. The highest BCUT2D eigenvalue weighted by Crippen LogP contribution is 2.50. The predicted molar refractivity (Wildman–Crippen MR) is 63.4 cm³/mol. The van der Waals surface area contributed by atoms with Gasteiger partial charge in [-0.3, -0.25) is 9.69 Å². The average molecular weight is 225 g/mol. The van der Waals surface area contributed by atoms with Crippen molar-refractivity contribution in [3.8, 4) is 0 Å². The molecule has 1 atom stereocenters. The molecular formula is C13H23NO2. The molecule has 0 heterocycles. The average Bonchev–Trinajstić information content (AvgIpc) is 2.80. The van der Waals surface area contributed by atoms with Gasteiger partial charge in [0, 0.05) is 12.1 Å². The molecule has 2 aliphatic carbocycles. The van der Waals surface area contributed by atoms with Crippen LogP contribution in [0.15, 0.2) is 0 Å². The monoisotopic (exact) mass is 225 g/mol. The van der Waals surface area contributed by atoms with Gasteiger partial charge in [0.25, 0.3) is 0 Å². The highest BCUT2D eigenvalue weighted by molar-refractivity contribution is 5.69. The van der Waals surface area contributed by atoms with E-state index < -0.39 is 5.97 Å². The van der Waals surface area contributed by atoms with Crippen LogP contribution < -0.4 is 0 Å². The molecule has 0 aromatic rings.